The SMILES string of the molecule is CN1Cn2cc(C(=O)O)c(=O)c(O)c2C(=O)N1CCO. The molecule has 1 aromatic rings. The minimum absolute atomic E-state index is 0.00362. The van der Waals surface area contributed by atoms with Gasteiger partial charge in [-0.25, -0.2) is 9.80 Å². The number of rotatable bonds is 3. The molecule has 9 nitrogen and oxygen atoms in total. The van der Waals surface area contributed by atoms with Crippen molar-refractivity contribution in [1.82, 2.24) is 14.6 Å². The molecule has 1 aliphatic rings. The lowest BCUT2D eigenvalue weighted by molar-refractivity contribution is -0.0330. The van der Waals surface area contributed by atoms with Gasteiger partial charge in [0, 0.05) is 13.2 Å². The van der Waals surface area contributed by atoms with Crippen molar-refractivity contribution in [1.29, 1.82) is 0 Å². The van der Waals surface area contributed by atoms with Gasteiger partial charge in [0.15, 0.2) is 11.4 Å². The summed E-state index contributed by atoms with van der Waals surface area (Å²) in [6.07, 6.45) is 1.02. The molecule has 0 atom stereocenters. The van der Waals surface area contributed by atoms with Crippen molar-refractivity contribution in [2.45, 2.75) is 6.67 Å². The Kier molecular flexibility index (Phi) is 3.47. The number of aromatic carboxylic acids is 1. The largest absolute Gasteiger partial charge is 0.503 e. The summed E-state index contributed by atoms with van der Waals surface area (Å²) in [5.41, 5.74) is -2.00. The van der Waals surface area contributed by atoms with E-state index >= 15 is 0 Å². The second kappa shape index (κ2) is 4.94. The monoisotopic (exact) mass is 283 g/mol. The van der Waals surface area contributed by atoms with E-state index in [-0.39, 0.29) is 25.5 Å². The maximum Gasteiger partial charge on any atom is 0.341 e. The molecule has 0 aliphatic carbocycles. The van der Waals surface area contributed by atoms with E-state index in [9.17, 15) is 19.5 Å². The number of carboxylic acid groups (broad SMARTS) is 1. The molecule has 1 amide bonds. The molecule has 0 unspecified atom stereocenters. The fourth-order valence-corrected chi connectivity index (χ4v) is 2.08. The average Bonchev–Trinajstić information content (AvgIpc) is 2.38. The molecule has 0 fully saturated rings. The fraction of sp³-hybridized carbons (Fsp3) is 0.364. The Morgan fingerprint density at radius 2 is 2.05 bits per heavy atom. The Morgan fingerprint density at radius 1 is 1.40 bits per heavy atom. The molecule has 0 radical (unpaired) electrons. The van der Waals surface area contributed by atoms with Gasteiger partial charge in [-0.15, -0.1) is 0 Å². The number of aliphatic hydroxyl groups is 1. The number of β-amino-alcohol motifs (C(OH)–C–C–N with tert-alkyl or cyclic N) is 1. The van der Waals surface area contributed by atoms with Gasteiger partial charge in [0.25, 0.3) is 5.91 Å². The highest BCUT2D eigenvalue weighted by Gasteiger charge is 2.33. The van der Waals surface area contributed by atoms with Crippen molar-refractivity contribution in [2.75, 3.05) is 20.2 Å². The summed E-state index contributed by atoms with van der Waals surface area (Å²) >= 11 is 0. The molecular formula is C11H13N3O6. The number of aliphatic hydroxyl groups excluding tert-OH is 1. The van der Waals surface area contributed by atoms with Gasteiger partial charge in [-0.3, -0.25) is 14.6 Å². The highest BCUT2D eigenvalue weighted by atomic mass is 16.4. The van der Waals surface area contributed by atoms with Crippen LogP contribution in [0.5, 0.6) is 5.75 Å². The zero-order valence-electron chi connectivity index (χ0n) is 10.6. The van der Waals surface area contributed by atoms with Crippen LogP contribution in [0.3, 0.4) is 0 Å². The van der Waals surface area contributed by atoms with Gasteiger partial charge in [0.1, 0.15) is 5.56 Å². The zero-order chi connectivity index (χ0) is 15.0. The van der Waals surface area contributed by atoms with Crippen molar-refractivity contribution >= 4 is 11.9 Å². The van der Waals surface area contributed by atoms with Gasteiger partial charge >= 0.3 is 5.97 Å². The van der Waals surface area contributed by atoms with E-state index in [2.05, 4.69) is 0 Å². The van der Waals surface area contributed by atoms with E-state index in [0.29, 0.717) is 0 Å². The molecule has 1 aromatic heterocycles. The molecule has 0 bridgehead atoms. The molecule has 0 spiro atoms. The number of hydrogen-bond acceptors (Lipinski definition) is 6. The summed E-state index contributed by atoms with van der Waals surface area (Å²) < 4.78 is 1.19. The van der Waals surface area contributed by atoms with Gasteiger partial charge in [-0.1, -0.05) is 0 Å². The van der Waals surface area contributed by atoms with E-state index in [0.717, 1.165) is 11.2 Å². The van der Waals surface area contributed by atoms with Crippen LogP contribution >= 0.6 is 0 Å². The molecule has 0 saturated heterocycles. The second-order valence-electron chi connectivity index (χ2n) is 4.30. The lowest BCUT2D eigenvalue weighted by Crippen LogP contribution is -2.52. The van der Waals surface area contributed by atoms with E-state index in [1.807, 2.05) is 0 Å². The number of carbonyl (C=O) groups is 2. The van der Waals surface area contributed by atoms with Crippen LogP contribution in [0.25, 0.3) is 0 Å². The third-order valence-corrected chi connectivity index (χ3v) is 3.00. The highest BCUT2D eigenvalue weighted by Crippen LogP contribution is 2.21. The van der Waals surface area contributed by atoms with E-state index in [1.165, 1.54) is 9.58 Å². The van der Waals surface area contributed by atoms with Crippen LogP contribution in [0, 0.1) is 0 Å². The summed E-state index contributed by atoms with van der Waals surface area (Å²) in [6, 6.07) is 0. The highest BCUT2D eigenvalue weighted by molar-refractivity contribution is 5.97. The number of amides is 1. The van der Waals surface area contributed by atoms with Crippen LogP contribution in [0.15, 0.2) is 11.0 Å². The standard InChI is InChI=1S/C11H13N3O6/c1-12-5-13-4-6(11(19)20)8(16)9(17)7(13)10(18)14(12)2-3-15/h4,15,17H,2-3,5H2,1H3,(H,19,20). The van der Waals surface area contributed by atoms with Gasteiger partial charge in [-0.2, -0.15) is 0 Å². The predicted molar refractivity (Wildman–Crippen MR) is 65.2 cm³/mol. The molecule has 2 heterocycles. The maximum atomic E-state index is 12.2. The normalized spacial score (nSPS) is 15.3. The smallest absolute Gasteiger partial charge is 0.341 e. The number of fused-ring (bicyclic) bond motifs is 1. The lowest BCUT2D eigenvalue weighted by Gasteiger charge is -2.37. The Morgan fingerprint density at radius 3 is 2.60 bits per heavy atom. The van der Waals surface area contributed by atoms with Gasteiger partial charge < -0.3 is 19.9 Å². The Labute approximate surface area is 112 Å². The summed E-state index contributed by atoms with van der Waals surface area (Å²) in [5, 5.41) is 30.2. The van der Waals surface area contributed by atoms with Gasteiger partial charge in [-0.05, 0) is 0 Å². The Bertz CT molecular complexity index is 638. The summed E-state index contributed by atoms with van der Waals surface area (Å²) in [4.78, 5) is 34.8. The summed E-state index contributed by atoms with van der Waals surface area (Å²) in [5.74, 6) is -3.06. The first-order valence-corrected chi connectivity index (χ1v) is 5.72. The van der Waals surface area contributed by atoms with Crippen LogP contribution in [0.2, 0.25) is 0 Å². The third-order valence-electron chi connectivity index (χ3n) is 3.00. The topological polar surface area (TPSA) is 123 Å². The molecular weight excluding hydrogens is 270 g/mol. The van der Waals surface area contributed by atoms with Crippen LogP contribution in [0.1, 0.15) is 20.8 Å². The van der Waals surface area contributed by atoms with Crippen LogP contribution in [-0.2, 0) is 6.67 Å². The van der Waals surface area contributed by atoms with Crippen molar-refractivity contribution < 1.29 is 24.9 Å². The van der Waals surface area contributed by atoms with E-state index in [4.69, 9.17) is 10.2 Å². The first-order chi connectivity index (χ1) is 9.38. The van der Waals surface area contributed by atoms with Crippen LogP contribution in [-0.4, -0.2) is 62.0 Å². The first kappa shape index (κ1) is 14.0. The van der Waals surface area contributed by atoms with Crippen LogP contribution < -0.4 is 5.43 Å². The number of hydrazine groups is 1. The number of aromatic hydroxyl groups is 1. The zero-order valence-corrected chi connectivity index (χ0v) is 10.6. The van der Waals surface area contributed by atoms with E-state index in [1.54, 1.807) is 7.05 Å². The Hall–Kier alpha value is -2.39. The second-order valence-corrected chi connectivity index (χ2v) is 4.30. The number of pyridine rings is 1. The predicted octanol–water partition coefficient (Wildman–Crippen LogP) is -1.50. The third kappa shape index (κ3) is 2.02. The molecule has 0 saturated carbocycles. The molecule has 0 aromatic carbocycles. The summed E-state index contributed by atoms with van der Waals surface area (Å²) in [6.45, 7) is -0.215. The van der Waals surface area contributed by atoms with Crippen molar-refractivity contribution in [2.24, 2.45) is 0 Å². The first-order valence-electron chi connectivity index (χ1n) is 5.72. The average molecular weight is 283 g/mol. The molecule has 20 heavy (non-hydrogen) atoms. The molecule has 108 valence electrons. The van der Waals surface area contributed by atoms with Crippen molar-refractivity contribution in [3.8, 4) is 5.75 Å². The summed E-state index contributed by atoms with van der Waals surface area (Å²) in [7, 11) is 1.56. The quantitative estimate of drug-likeness (QED) is 0.617. The van der Waals surface area contributed by atoms with Gasteiger partial charge in [0.05, 0.1) is 19.8 Å². The molecule has 3 N–H and O–H groups in total. The minimum Gasteiger partial charge on any atom is -0.503 e. The molecule has 9 heteroatoms. The molecule has 1 aliphatic heterocycles. The van der Waals surface area contributed by atoms with Crippen molar-refractivity contribution in [3.63, 3.8) is 0 Å². The lowest BCUT2D eigenvalue weighted by atomic mass is 10.2. The van der Waals surface area contributed by atoms with Crippen molar-refractivity contribution in [3.05, 3.63) is 27.7 Å². The number of nitrogens with zero attached hydrogens (tertiary/aromatic N) is 3. The fourth-order valence-electron chi connectivity index (χ4n) is 2.08. The van der Waals surface area contributed by atoms with Crippen LogP contribution in [0.4, 0.5) is 0 Å². The maximum absolute atomic E-state index is 12.2. The molecule has 2 rings (SSSR count). The number of carbonyl (C=O) groups excluding carboxylic acids is 1. The minimum atomic E-state index is -1.48. The number of hydrogen-bond donors (Lipinski definition) is 3. The number of carboxylic acids is 1. The number of aromatic nitrogens is 1. The Balaban J connectivity index is 2.62. The van der Waals surface area contributed by atoms with Gasteiger partial charge in [0.2, 0.25) is 5.43 Å². The van der Waals surface area contributed by atoms with E-state index < -0.39 is 28.6 Å².